The quantitative estimate of drug-likeness (QED) is 0.527. The summed E-state index contributed by atoms with van der Waals surface area (Å²) in [7, 11) is 0. The molecule has 0 saturated carbocycles. The van der Waals surface area contributed by atoms with Crippen LogP contribution in [0.1, 0.15) is 23.0 Å². The van der Waals surface area contributed by atoms with Gasteiger partial charge in [0.25, 0.3) is 11.1 Å². The molecular weight excluding hydrogens is 380 g/mol. The number of hydrogen-bond acceptors (Lipinski definition) is 7. The predicted molar refractivity (Wildman–Crippen MR) is 105 cm³/mol. The van der Waals surface area contributed by atoms with E-state index in [9.17, 15) is 14.4 Å². The SMILES string of the molecule is CCOC(=O)c1cccc(-c2cncc3cc(/C=C4\SC(=O)NC4=O)oc23)c1. The fourth-order valence-electron chi connectivity index (χ4n) is 2.84. The van der Waals surface area contributed by atoms with Crippen molar-refractivity contribution < 1.29 is 23.5 Å². The van der Waals surface area contributed by atoms with Crippen molar-refractivity contribution in [3.8, 4) is 11.1 Å². The summed E-state index contributed by atoms with van der Waals surface area (Å²) in [6.07, 6.45) is 4.81. The van der Waals surface area contributed by atoms with Crippen molar-refractivity contribution in [1.29, 1.82) is 0 Å². The molecule has 2 aromatic heterocycles. The van der Waals surface area contributed by atoms with Gasteiger partial charge in [-0.1, -0.05) is 12.1 Å². The lowest BCUT2D eigenvalue weighted by atomic mass is 10.0. The zero-order valence-corrected chi connectivity index (χ0v) is 15.5. The van der Waals surface area contributed by atoms with Gasteiger partial charge in [-0.2, -0.15) is 0 Å². The van der Waals surface area contributed by atoms with Crippen molar-refractivity contribution in [3.63, 3.8) is 0 Å². The second kappa shape index (κ2) is 7.32. The molecule has 1 fully saturated rings. The first-order valence-electron chi connectivity index (χ1n) is 8.45. The Labute approximate surface area is 163 Å². The molecule has 3 heterocycles. The smallest absolute Gasteiger partial charge is 0.338 e. The fraction of sp³-hybridized carbons (Fsp3) is 0.100. The summed E-state index contributed by atoms with van der Waals surface area (Å²) < 4.78 is 11.0. The highest BCUT2D eigenvalue weighted by Crippen LogP contribution is 2.33. The van der Waals surface area contributed by atoms with Gasteiger partial charge in [-0.15, -0.1) is 0 Å². The van der Waals surface area contributed by atoms with Gasteiger partial charge in [-0.3, -0.25) is 19.9 Å². The topological polar surface area (TPSA) is 98.5 Å². The van der Waals surface area contributed by atoms with Gasteiger partial charge in [0.1, 0.15) is 11.3 Å². The van der Waals surface area contributed by atoms with E-state index in [0.717, 1.165) is 22.7 Å². The molecule has 1 aliphatic heterocycles. The van der Waals surface area contributed by atoms with E-state index in [4.69, 9.17) is 9.15 Å². The number of nitrogens with zero attached hydrogens (tertiary/aromatic N) is 1. The molecule has 8 heteroatoms. The van der Waals surface area contributed by atoms with E-state index < -0.39 is 17.1 Å². The Bertz CT molecular complexity index is 1150. The van der Waals surface area contributed by atoms with Gasteiger partial charge >= 0.3 is 5.97 Å². The van der Waals surface area contributed by atoms with Crippen LogP contribution >= 0.6 is 11.8 Å². The maximum Gasteiger partial charge on any atom is 0.338 e. The highest BCUT2D eigenvalue weighted by atomic mass is 32.2. The maximum absolute atomic E-state index is 12.0. The number of amides is 2. The van der Waals surface area contributed by atoms with Gasteiger partial charge in [0.05, 0.1) is 17.1 Å². The number of pyridine rings is 1. The van der Waals surface area contributed by atoms with Gasteiger partial charge < -0.3 is 9.15 Å². The summed E-state index contributed by atoms with van der Waals surface area (Å²) in [5.74, 6) is -0.419. The summed E-state index contributed by atoms with van der Waals surface area (Å²) in [6.45, 7) is 2.05. The van der Waals surface area contributed by atoms with Crippen molar-refractivity contribution in [1.82, 2.24) is 10.3 Å². The van der Waals surface area contributed by atoms with Crippen LogP contribution in [0.15, 0.2) is 52.0 Å². The van der Waals surface area contributed by atoms with E-state index in [0.29, 0.717) is 29.1 Å². The van der Waals surface area contributed by atoms with Gasteiger partial charge in [0.15, 0.2) is 0 Å². The molecular formula is C20H14N2O5S. The highest BCUT2D eigenvalue weighted by Gasteiger charge is 2.25. The Morgan fingerprint density at radius 2 is 2.14 bits per heavy atom. The molecule has 0 spiro atoms. The molecule has 1 aromatic carbocycles. The lowest BCUT2D eigenvalue weighted by molar-refractivity contribution is -0.115. The van der Waals surface area contributed by atoms with Gasteiger partial charge in [0, 0.05) is 29.4 Å². The molecule has 0 atom stereocenters. The highest BCUT2D eigenvalue weighted by molar-refractivity contribution is 8.18. The van der Waals surface area contributed by atoms with Crippen LogP contribution in [0, 0.1) is 0 Å². The second-order valence-corrected chi connectivity index (χ2v) is 6.92. The van der Waals surface area contributed by atoms with Crippen LogP contribution in [0.5, 0.6) is 0 Å². The summed E-state index contributed by atoms with van der Waals surface area (Å²) in [4.78, 5) is 39.6. The number of benzene rings is 1. The summed E-state index contributed by atoms with van der Waals surface area (Å²) in [5, 5.41) is 2.53. The molecule has 1 saturated heterocycles. The third-order valence-electron chi connectivity index (χ3n) is 4.04. The Morgan fingerprint density at radius 1 is 1.29 bits per heavy atom. The number of nitrogens with one attached hydrogen (secondary N) is 1. The number of carbonyl (C=O) groups excluding carboxylic acids is 3. The predicted octanol–water partition coefficient (Wildman–Crippen LogP) is 4.00. The van der Waals surface area contributed by atoms with Crippen LogP contribution in [0.3, 0.4) is 0 Å². The molecule has 0 unspecified atom stereocenters. The number of imide groups is 1. The number of ether oxygens (including phenoxy) is 1. The standard InChI is InChI=1S/C20H14N2O5S/c1-2-26-19(24)12-5-3-4-11(6-12)15-10-21-9-13-7-14(27-17(13)15)8-16-18(23)22-20(25)28-16/h3-10H,2H2,1H3,(H,22,23,25)/b16-8-. The lowest BCUT2D eigenvalue weighted by Gasteiger charge is -2.05. The number of carbonyl (C=O) groups is 3. The van der Waals surface area contributed by atoms with Crippen molar-refractivity contribution >= 4 is 45.9 Å². The third kappa shape index (κ3) is 3.41. The van der Waals surface area contributed by atoms with E-state index in [2.05, 4.69) is 10.3 Å². The summed E-state index contributed by atoms with van der Waals surface area (Å²) in [6, 6.07) is 8.74. The van der Waals surface area contributed by atoms with Crippen LogP contribution in [-0.4, -0.2) is 28.7 Å². The minimum absolute atomic E-state index is 0.267. The van der Waals surface area contributed by atoms with Crippen LogP contribution in [0.2, 0.25) is 0 Å². The van der Waals surface area contributed by atoms with Gasteiger partial charge in [-0.05, 0) is 42.4 Å². The van der Waals surface area contributed by atoms with E-state index in [1.54, 1.807) is 43.6 Å². The first-order valence-corrected chi connectivity index (χ1v) is 9.27. The molecule has 7 nitrogen and oxygen atoms in total. The minimum Gasteiger partial charge on any atom is -0.462 e. The van der Waals surface area contributed by atoms with Crippen molar-refractivity contribution in [2.75, 3.05) is 6.61 Å². The van der Waals surface area contributed by atoms with Gasteiger partial charge in [-0.25, -0.2) is 4.79 Å². The number of rotatable bonds is 4. The average Bonchev–Trinajstić information content (AvgIpc) is 3.23. The molecule has 1 N–H and O–H groups in total. The monoisotopic (exact) mass is 394 g/mol. The average molecular weight is 394 g/mol. The minimum atomic E-state index is -0.448. The Kier molecular flexibility index (Phi) is 4.70. The maximum atomic E-state index is 12.0. The molecule has 28 heavy (non-hydrogen) atoms. The zero-order valence-electron chi connectivity index (χ0n) is 14.7. The van der Waals surface area contributed by atoms with Gasteiger partial charge in [0.2, 0.25) is 0 Å². The number of esters is 1. The molecule has 0 radical (unpaired) electrons. The molecule has 0 aliphatic carbocycles. The normalized spacial score (nSPS) is 15.2. The van der Waals surface area contributed by atoms with Crippen LogP contribution < -0.4 is 5.32 Å². The first-order chi connectivity index (χ1) is 13.5. The number of furan rings is 1. The lowest BCUT2D eigenvalue weighted by Crippen LogP contribution is -2.17. The van der Waals surface area contributed by atoms with Crippen molar-refractivity contribution in [3.05, 3.63) is 59.0 Å². The molecule has 4 rings (SSSR count). The largest absolute Gasteiger partial charge is 0.462 e. The van der Waals surface area contributed by atoms with Crippen LogP contribution in [0.4, 0.5) is 4.79 Å². The first kappa shape index (κ1) is 18.0. The fourth-order valence-corrected chi connectivity index (χ4v) is 3.50. The number of aromatic nitrogens is 1. The van der Waals surface area contributed by atoms with Crippen molar-refractivity contribution in [2.24, 2.45) is 0 Å². The van der Waals surface area contributed by atoms with Crippen LogP contribution in [0.25, 0.3) is 28.2 Å². The second-order valence-electron chi connectivity index (χ2n) is 5.91. The zero-order chi connectivity index (χ0) is 19.7. The van der Waals surface area contributed by atoms with Crippen LogP contribution in [-0.2, 0) is 9.53 Å². The van der Waals surface area contributed by atoms with E-state index in [-0.39, 0.29) is 4.91 Å². The number of thioether (sulfide) groups is 1. The van der Waals surface area contributed by atoms with Crippen molar-refractivity contribution in [2.45, 2.75) is 6.92 Å². The van der Waals surface area contributed by atoms with E-state index >= 15 is 0 Å². The third-order valence-corrected chi connectivity index (χ3v) is 4.85. The van der Waals surface area contributed by atoms with E-state index in [1.807, 2.05) is 6.07 Å². The Morgan fingerprint density at radius 3 is 2.89 bits per heavy atom. The molecule has 3 aromatic rings. The molecule has 0 bridgehead atoms. The number of hydrogen-bond donors (Lipinski definition) is 1. The Hall–Kier alpha value is -3.39. The summed E-state index contributed by atoms with van der Waals surface area (Å²) in [5.41, 5.74) is 2.45. The summed E-state index contributed by atoms with van der Waals surface area (Å²) >= 11 is 0.823. The van der Waals surface area contributed by atoms with E-state index in [1.165, 1.54) is 6.08 Å². The number of fused-ring (bicyclic) bond motifs is 1. The Balaban J connectivity index is 1.75. The molecule has 2 amide bonds. The molecule has 140 valence electrons. The molecule has 1 aliphatic rings.